The van der Waals surface area contributed by atoms with Crippen LogP contribution < -0.4 is 11.1 Å². The normalized spacial score (nSPS) is 14.7. The summed E-state index contributed by atoms with van der Waals surface area (Å²) in [6, 6.07) is 5.16. The topological polar surface area (TPSA) is 80.9 Å². The van der Waals surface area contributed by atoms with Crippen molar-refractivity contribution in [2.24, 2.45) is 5.92 Å². The highest BCUT2D eigenvalue weighted by Gasteiger charge is 2.30. The highest BCUT2D eigenvalue weighted by atomic mass is 35.5. The number of nitrogens with two attached hydrogens (primary N) is 1. The minimum absolute atomic E-state index is 0.0377. The Bertz CT molecular complexity index is 639. The first-order valence-electron chi connectivity index (χ1n) is 5.67. The first-order chi connectivity index (χ1) is 8.63. The summed E-state index contributed by atoms with van der Waals surface area (Å²) >= 11 is 5.87. The molecule has 0 saturated heterocycles. The van der Waals surface area contributed by atoms with Gasteiger partial charge in [0.15, 0.2) is 11.6 Å². The molecular weight excluding hydrogens is 252 g/mol. The Hall–Kier alpha value is -1.88. The molecule has 5 nitrogen and oxygen atoms in total. The summed E-state index contributed by atoms with van der Waals surface area (Å²) in [6.45, 7) is 0. The Kier molecular flexibility index (Phi) is 2.56. The van der Waals surface area contributed by atoms with E-state index in [2.05, 4.69) is 15.3 Å². The van der Waals surface area contributed by atoms with E-state index in [1.807, 2.05) is 0 Å². The van der Waals surface area contributed by atoms with Gasteiger partial charge < -0.3 is 11.1 Å². The van der Waals surface area contributed by atoms with Gasteiger partial charge in [-0.05, 0) is 31.0 Å². The minimum Gasteiger partial charge on any atom is -0.381 e. The molecule has 6 heteroatoms. The molecular formula is C12H11ClN4O. The lowest BCUT2D eigenvalue weighted by atomic mass is 10.3. The fourth-order valence-corrected chi connectivity index (χ4v) is 1.86. The first kappa shape index (κ1) is 11.2. The maximum Gasteiger partial charge on any atom is 0.228 e. The van der Waals surface area contributed by atoms with Crippen LogP contribution in [0, 0.1) is 5.92 Å². The van der Waals surface area contributed by atoms with E-state index in [0.29, 0.717) is 21.9 Å². The molecule has 0 radical (unpaired) electrons. The molecule has 1 saturated carbocycles. The summed E-state index contributed by atoms with van der Waals surface area (Å²) in [6.07, 6.45) is 1.87. The minimum atomic E-state index is -0.0377. The Balaban J connectivity index is 1.98. The molecule has 0 spiro atoms. The average Bonchev–Trinajstić information content (AvgIpc) is 3.14. The second-order valence-corrected chi connectivity index (χ2v) is 4.79. The van der Waals surface area contributed by atoms with Crippen LogP contribution in [0.4, 0.5) is 11.6 Å². The quantitative estimate of drug-likeness (QED) is 0.869. The monoisotopic (exact) mass is 262 g/mol. The summed E-state index contributed by atoms with van der Waals surface area (Å²) in [5, 5.41) is 3.28. The van der Waals surface area contributed by atoms with E-state index in [0.717, 1.165) is 12.8 Å². The summed E-state index contributed by atoms with van der Waals surface area (Å²) in [7, 11) is 0. The zero-order valence-corrected chi connectivity index (χ0v) is 10.2. The maximum atomic E-state index is 11.7. The molecule has 1 heterocycles. The summed E-state index contributed by atoms with van der Waals surface area (Å²) in [5.74, 6) is 0.594. The van der Waals surface area contributed by atoms with Gasteiger partial charge in [-0.15, -0.1) is 0 Å². The molecule has 1 fully saturated rings. The van der Waals surface area contributed by atoms with E-state index in [9.17, 15) is 4.79 Å². The van der Waals surface area contributed by atoms with Gasteiger partial charge in [-0.25, -0.2) is 9.97 Å². The van der Waals surface area contributed by atoms with Crippen molar-refractivity contribution in [2.75, 3.05) is 11.1 Å². The van der Waals surface area contributed by atoms with E-state index in [-0.39, 0.29) is 17.6 Å². The van der Waals surface area contributed by atoms with Gasteiger partial charge in [0.05, 0.1) is 11.0 Å². The van der Waals surface area contributed by atoms with Gasteiger partial charge in [0.25, 0.3) is 0 Å². The third-order valence-electron chi connectivity index (χ3n) is 2.84. The number of carbonyl (C=O) groups is 1. The predicted octanol–water partition coefficient (Wildman–Crippen LogP) is 2.21. The number of hydrogen-bond donors (Lipinski definition) is 2. The molecule has 3 rings (SSSR count). The number of amides is 1. The number of aromatic nitrogens is 2. The number of benzene rings is 1. The van der Waals surface area contributed by atoms with Crippen molar-refractivity contribution < 1.29 is 4.79 Å². The van der Waals surface area contributed by atoms with Crippen molar-refractivity contribution in [3.63, 3.8) is 0 Å². The molecule has 0 unspecified atom stereocenters. The highest BCUT2D eigenvalue weighted by Crippen LogP contribution is 2.31. The average molecular weight is 263 g/mol. The molecule has 1 aliphatic rings. The Morgan fingerprint density at radius 2 is 2.11 bits per heavy atom. The number of rotatable bonds is 2. The van der Waals surface area contributed by atoms with Crippen molar-refractivity contribution in [3.8, 4) is 0 Å². The van der Waals surface area contributed by atoms with Gasteiger partial charge in [-0.1, -0.05) is 11.6 Å². The number of carbonyl (C=O) groups excluding carboxylic acids is 1. The third kappa shape index (κ3) is 2.09. The van der Waals surface area contributed by atoms with Crippen LogP contribution in [-0.4, -0.2) is 15.9 Å². The van der Waals surface area contributed by atoms with Crippen LogP contribution >= 0.6 is 11.6 Å². The molecule has 0 aliphatic heterocycles. The van der Waals surface area contributed by atoms with E-state index in [1.165, 1.54) is 0 Å². The fourth-order valence-electron chi connectivity index (χ4n) is 1.70. The number of nitrogens with one attached hydrogen (secondary N) is 1. The van der Waals surface area contributed by atoms with Gasteiger partial charge in [0, 0.05) is 10.9 Å². The zero-order chi connectivity index (χ0) is 12.7. The summed E-state index contributed by atoms with van der Waals surface area (Å²) in [4.78, 5) is 20.1. The summed E-state index contributed by atoms with van der Waals surface area (Å²) in [5.41, 5.74) is 7.04. The third-order valence-corrected chi connectivity index (χ3v) is 3.08. The maximum absolute atomic E-state index is 11.7. The van der Waals surface area contributed by atoms with Crippen LogP contribution in [0.25, 0.3) is 11.0 Å². The van der Waals surface area contributed by atoms with Crippen molar-refractivity contribution in [3.05, 3.63) is 23.2 Å². The Labute approximate surface area is 108 Å². The van der Waals surface area contributed by atoms with Crippen LogP contribution in [0.2, 0.25) is 5.02 Å². The van der Waals surface area contributed by atoms with Crippen LogP contribution in [0.3, 0.4) is 0 Å². The summed E-state index contributed by atoms with van der Waals surface area (Å²) < 4.78 is 0. The lowest BCUT2D eigenvalue weighted by Gasteiger charge is -2.07. The molecule has 18 heavy (non-hydrogen) atoms. The van der Waals surface area contributed by atoms with Gasteiger partial charge in [-0.2, -0.15) is 0 Å². The number of nitrogen functional groups attached to an aromatic ring is 1. The molecule has 2 aromatic rings. The first-order valence-corrected chi connectivity index (χ1v) is 6.05. The van der Waals surface area contributed by atoms with Crippen molar-refractivity contribution >= 4 is 40.2 Å². The molecule has 1 amide bonds. The molecule has 3 N–H and O–H groups in total. The molecule has 1 aromatic carbocycles. The van der Waals surface area contributed by atoms with Gasteiger partial charge in [0.1, 0.15) is 0 Å². The number of halogens is 1. The number of nitrogens with zero attached hydrogens (tertiary/aromatic N) is 2. The Morgan fingerprint density at radius 3 is 2.83 bits per heavy atom. The molecule has 1 aromatic heterocycles. The fraction of sp³-hybridized carbons (Fsp3) is 0.250. The van der Waals surface area contributed by atoms with E-state index in [4.69, 9.17) is 17.3 Å². The number of anilines is 2. The van der Waals surface area contributed by atoms with Crippen LogP contribution in [0.1, 0.15) is 12.8 Å². The van der Waals surface area contributed by atoms with E-state index < -0.39 is 0 Å². The van der Waals surface area contributed by atoms with Crippen LogP contribution in [-0.2, 0) is 4.79 Å². The lowest BCUT2D eigenvalue weighted by Crippen LogP contribution is -2.16. The number of hydrogen-bond acceptors (Lipinski definition) is 4. The largest absolute Gasteiger partial charge is 0.381 e. The zero-order valence-electron chi connectivity index (χ0n) is 9.48. The Morgan fingerprint density at radius 1 is 1.33 bits per heavy atom. The highest BCUT2D eigenvalue weighted by molar-refractivity contribution is 6.31. The van der Waals surface area contributed by atoms with Crippen LogP contribution in [0.5, 0.6) is 0 Å². The predicted molar refractivity (Wildman–Crippen MR) is 70.3 cm³/mol. The molecule has 1 aliphatic carbocycles. The molecule has 92 valence electrons. The van der Waals surface area contributed by atoms with E-state index >= 15 is 0 Å². The molecule has 0 bridgehead atoms. The standard InChI is InChI=1S/C12H11ClN4O/c13-7-3-4-8-9(5-7)15-10(14)11(16-8)17-12(18)6-1-2-6/h3-6H,1-2H2,(H2,14,15)(H,16,17,18). The van der Waals surface area contributed by atoms with Gasteiger partial charge in [-0.3, -0.25) is 4.79 Å². The SMILES string of the molecule is Nc1nc2cc(Cl)ccc2nc1NC(=O)C1CC1. The van der Waals surface area contributed by atoms with Crippen LogP contribution in [0.15, 0.2) is 18.2 Å². The van der Waals surface area contributed by atoms with Crippen molar-refractivity contribution in [1.82, 2.24) is 9.97 Å². The second-order valence-electron chi connectivity index (χ2n) is 4.35. The van der Waals surface area contributed by atoms with Gasteiger partial charge >= 0.3 is 0 Å². The molecule has 0 atom stereocenters. The van der Waals surface area contributed by atoms with E-state index in [1.54, 1.807) is 18.2 Å². The lowest BCUT2D eigenvalue weighted by molar-refractivity contribution is -0.117. The smallest absolute Gasteiger partial charge is 0.228 e. The van der Waals surface area contributed by atoms with Crippen molar-refractivity contribution in [1.29, 1.82) is 0 Å². The number of fused-ring (bicyclic) bond motifs is 1. The van der Waals surface area contributed by atoms with Gasteiger partial charge in [0.2, 0.25) is 5.91 Å². The van der Waals surface area contributed by atoms with Crippen molar-refractivity contribution in [2.45, 2.75) is 12.8 Å². The second kappa shape index (κ2) is 4.10.